The van der Waals surface area contributed by atoms with Crippen LogP contribution in [0.25, 0.3) is 11.4 Å². The van der Waals surface area contributed by atoms with Crippen molar-refractivity contribution >= 4 is 23.4 Å². The summed E-state index contributed by atoms with van der Waals surface area (Å²) >= 11 is 6.38. The first-order valence-electron chi connectivity index (χ1n) is 12.8. The second kappa shape index (κ2) is 11.1. The highest BCUT2D eigenvalue weighted by Crippen LogP contribution is 2.46. The number of carbonyl (C=O) groups excluding carboxylic acids is 2. The third-order valence-corrected chi connectivity index (χ3v) is 7.98. The summed E-state index contributed by atoms with van der Waals surface area (Å²) in [5.74, 6) is 0.186. The molecule has 9 nitrogen and oxygen atoms in total. The second-order valence-corrected chi connectivity index (χ2v) is 10.3. The molecule has 0 radical (unpaired) electrons. The number of esters is 1. The van der Waals surface area contributed by atoms with E-state index in [1.54, 1.807) is 38.7 Å². The molecule has 1 saturated carbocycles. The molecule has 10 heteroatoms. The van der Waals surface area contributed by atoms with Gasteiger partial charge in [-0.15, -0.1) is 0 Å². The van der Waals surface area contributed by atoms with Gasteiger partial charge in [-0.2, -0.15) is 4.98 Å². The standard InChI is InChI=1S/C28H30ClN3O6/c1-35-23-14-24(36-2)21(29)12-17(23)9-10-28(19-7-3-4-8-19)15-22(33)20(27(34)37-28)13-25-31-26(32-38-25)18-6-5-11-30-16-18/h5-6,11-12,14,16,19-20H,3-4,7-10,13,15H2,1-2H3. The number of cyclic esters (lactones) is 1. The van der Waals surface area contributed by atoms with Gasteiger partial charge in [0.1, 0.15) is 23.0 Å². The summed E-state index contributed by atoms with van der Waals surface area (Å²) < 4.78 is 22.4. The third kappa shape index (κ3) is 5.25. The molecule has 1 saturated heterocycles. The number of aryl methyl sites for hydroxylation is 1. The van der Waals surface area contributed by atoms with Gasteiger partial charge < -0.3 is 18.7 Å². The molecule has 2 fully saturated rings. The van der Waals surface area contributed by atoms with Crippen molar-refractivity contribution in [2.24, 2.45) is 11.8 Å². The van der Waals surface area contributed by atoms with Crippen LogP contribution in [0.5, 0.6) is 11.5 Å². The molecule has 0 amide bonds. The van der Waals surface area contributed by atoms with Crippen LogP contribution < -0.4 is 9.47 Å². The van der Waals surface area contributed by atoms with Crippen LogP contribution in [0.3, 0.4) is 0 Å². The fourth-order valence-electron chi connectivity index (χ4n) is 5.67. The fourth-order valence-corrected chi connectivity index (χ4v) is 5.93. The number of hydrogen-bond acceptors (Lipinski definition) is 9. The number of ether oxygens (including phenoxy) is 3. The number of aromatic nitrogens is 3. The lowest BCUT2D eigenvalue weighted by atomic mass is 9.73. The van der Waals surface area contributed by atoms with Crippen molar-refractivity contribution < 1.29 is 28.3 Å². The molecule has 2 unspecified atom stereocenters. The number of rotatable bonds is 9. The maximum Gasteiger partial charge on any atom is 0.317 e. The van der Waals surface area contributed by atoms with Crippen LogP contribution in [0.1, 0.15) is 50.0 Å². The van der Waals surface area contributed by atoms with E-state index in [0.29, 0.717) is 40.8 Å². The number of hydrogen-bond donors (Lipinski definition) is 0. The summed E-state index contributed by atoms with van der Waals surface area (Å²) in [6.45, 7) is 0. The minimum atomic E-state index is -0.975. The van der Waals surface area contributed by atoms with Crippen LogP contribution >= 0.6 is 11.6 Å². The Morgan fingerprint density at radius 1 is 1.13 bits per heavy atom. The Balaban J connectivity index is 1.34. The maximum atomic E-state index is 13.5. The normalized spacial score (nSPS) is 21.9. The van der Waals surface area contributed by atoms with Crippen molar-refractivity contribution in [1.29, 1.82) is 0 Å². The molecular formula is C28H30ClN3O6. The van der Waals surface area contributed by atoms with Crippen molar-refractivity contribution in [3.05, 3.63) is 53.1 Å². The lowest BCUT2D eigenvalue weighted by molar-refractivity contribution is -0.185. The van der Waals surface area contributed by atoms with Crippen molar-refractivity contribution in [1.82, 2.24) is 15.1 Å². The second-order valence-electron chi connectivity index (χ2n) is 9.92. The van der Waals surface area contributed by atoms with E-state index < -0.39 is 17.5 Å². The number of pyridine rings is 1. The van der Waals surface area contributed by atoms with Crippen LogP contribution in [0.2, 0.25) is 5.02 Å². The highest BCUT2D eigenvalue weighted by Gasteiger charge is 2.51. The monoisotopic (exact) mass is 539 g/mol. The molecule has 0 spiro atoms. The number of benzene rings is 1. The summed E-state index contributed by atoms with van der Waals surface area (Å²) in [7, 11) is 3.14. The maximum absolute atomic E-state index is 13.5. The Bertz CT molecular complexity index is 1290. The summed E-state index contributed by atoms with van der Waals surface area (Å²) in [4.78, 5) is 35.2. The van der Waals surface area contributed by atoms with E-state index in [0.717, 1.165) is 31.2 Å². The molecule has 5 rings (SSSR count). The van der Waals surface area contributed by atoms with Crippen LogP contribution in [0.4, 0.5) is 0 Å². The van der Waals surface area contributed by atoms with E-state index in [9.17, 15) is 9.59 Å². The van der Waals surface area contributed by atoms with Crippen LogP contribution in [-0.2, 0) is 27.2 Å². The average molecular weight is 540 g/mol. The summed E-state index contributed by atoms with van der Waals surface area (Å²) in [5.41, 5.74) is 0.693. The first-order valence-corrected chi connectivity index (χ1v) is 13.2. The molecule has 1 aromatic carbocycles. The molecule has 2 atom stereocenters. The Morgan fingerprint density at radius 3 is 2.61 bits per heavy atom. The summed E-state index contributed by atoms with van der Waals surface area (Å²) in [5, 5.41) is 4.44. The highest BCUT2D eigenvalue weighted by atomic mass is 35.5. The zero-order valence-corrected chi connectivity index (χ0v) is 22.2. The van der Waals surface area contributed by atoms with E-state index in [4.69, 9.17) is 30.3 Å². The first-order chi connectivity index (χ1) is 18.4. The Morgan fingerprint density at radius 2 is 1.92 bits per heavy atom. The topological polar surface area (TPSA) is 114 Å². The highest BCUT2D eigenvalue weighted by molar-refractivity contribution is 6.32. The number of halogens is 1. The minimum Gasteiger partial charge on any atom is -0.496 e. The number of ketones is 1. The molecule has 0 N–H and O–H groups in total. The Labute approximate surface area is 225 Å². The smallest absolute Gasteiger partial charge is 0.317 e. The van der Waals surface area contributed by atoms with Crippen LogP contribution in [0, 0.1) is 11.8 Å². The fraction of sp³-hybridized carbons (Fsp3) is 0.464. The van der Waals surface area contributed by atoms with Crippen molar-refractivity contribution in [3.8, 4) is 22.9 Å². The van der Waals surface area contributed by atoms with Crippen molar-refractivity contribution in [2.45, 2.75) is 57.0 Å². The van der Waals surface area contributed by atoms with E-state index >= 15 is 0 Å². The zero-order chi connectivity index (χ0) is 26.7. The van der Waals surface area contributed by atoms with Crippen LogP contribution in [-0.4, -0.2) is 46.7 Å². The van der Waals surface area contributed by atoms with Gasteiger partial charge in [-0.05, 0) is 55.4 Å². The molecule has 0 bridgehead atoms. The third-order valence-electron chi connectivity index (χ3n) is 7.69. The molecule has 38 heavy (non-hydrogen) atoms. The SMILES string of the molecule is COc1cc(OC)c(CCC2(C3CCCC3)CC(=O)C(Cc3nc(-c4cccnc4)no3)C(=O)O2)cc1Cl. The number of methoxy groups -OCH3 is 2. The molecule has 200 valence electrons. The van der Waals surface area contributed by atoms with E-state index in [2.05, 4.69) is 15.1 Å². The predicted octanol–water partition coefficient (Wildman–Crippen LogP) is 5.04. The van der Waals surface area contributed by atoms with E-state index in [-0.39, 0.29) is 30.4 Å². The molecule has 3 heterocycles. The number of carbonyl (C=O) groups is 2. The van der Waals surface area contributed by atoms with Crippen LogP contribution in [0.15, 0.2) is 41.2 Å². The molecule has 2 aromatic heterocycles. The van der Waals surface area contributed by atoms with Crippen molar-refractivity contribution in [3.63, 3.8) is 0 Å². The van der Waals surface area contributed by atoms with Gasteiger partial charge in [0.2, 0.25) is 11.7 Å². The van der Waals surface area contributed by atoms with Gasteiger partial charge in [0, 0.05) is 36.9 Å². The molecule has 1 aliphatic heterocycles. The molecular weight excluding hydrogens is 510 g/mol. The van der Waals surface area contributed by atoms with E-state index in [1.807, 2.05) is 12.1 Å². The quantitative estimate of drug-likeness (QED) is 0.272. The Kier molecular flexibility index (Phi) is 7.65. The molecule has 1 aliphatic carbocycles. The van der Waals surface area contributed by atoms with Gasteiger partial charge in [0.15, 0.2) is 5.78 Å². The van der Waals surface area contributed by atoms with Gasteiger partial charge in [0.05, 0.1) is 19.2 Å². The lowest BCUT2D eigenvalue weighted by Gasteiger charge is -2.43. The van der Waals surface area contributed by atoms with E-state index in [1.165, 1.54) is 0 Å². The predicted molar refractivity (Wildman–Crippen MR) is 138 cm³/mol. The molecule has 3 aromatic rings. The molecule has 2 aliphatic rings. The van der Waals surface area contributed by atoms with Gasteiger partial charge in [-0.25, -0.2) is 0 Å². The average Bonchev–Trinajstić information content (AvgIpc) is 3.63. The number of nitrogens with zero attached hydrogens (tertiary/aromatic N) is 3. The largest absolute Gasteiger partial charge is 0.496 e. The summed E-state index contributed by atoms with van der Waals surface area (Å²) in [6.07, 6.45) is 8.41. The van der Waals surface area contributed by atoms with Gasteiger partial charge in [-0.3, -0.25) is 14.6 Å². The van der Waals surface area contributed by atoms with Crippen molar-refractivity contribution in [2.75, 3.05) is 14.2 Å². The first kappa shape index (κ1) is 26.2. The van der Waals surface area contributed by atoms with Gasteiger partial charge in [-0.1, -0.05) is 29.6 Å². The zero-order valence-electron chi connectivity index (χ0n) is 21.4. The summed E-state index contributed by atoms with van der Waals surface area (Å²) in [6, 6.07) is 7.14. The minimum absolute atomic E-state index is 0.00753. The van der Waals surface area contributed by atoms with Gasteiger partial charge in [0.25, 0.3) is 0 Å². The lowest BCUT2D eigenvalue weighted by Crippen LogP contribution is -2.52. The number of Topliss-reactive ketones (excluding diaryl/α,β-unsaturated/α-hetero) is 1. The Hall–Kier alpha value is -3.46. The van der Waals surface area contributed by atoms with Gasteiger partial charge >= 0.3 is 5.97 Å².